The molecule has 0 unspecified atom stereocenters. The number of amides is 2. The SMILES string of the molecule is COc1cc(C(=O)NC2CCN(C(=O)c3ccc(=O)[nH]n3)CC2)cc(OC)c1OC. The van der Waals surface area contributed by atoms with Crippen molar-refractivity contribution in [2.45, 2.75) is 18.9 Å². The van der Waals surface area contributed by atoms with Gasteiger partial charge in [-0.15, -0.1) is 0 Å². The maximum atomic E-state index is 12.7. The number of aromatic amines is 1. The van der Waals surface area contributed by atoms with Crippen molar-refractivity contribution in [3.8, 4) is 17.2 Å². The highest BCUT2D eigenvalue weighted by Crippen LogP contribution is 2.38. The summed E-state index contributed by atoms with van der Waals surface area (Å²) in [5, 5.41) is 9.03. The van der Waals surface area contributed by atoms with Crippen molar-refractivity contribution in [1.29, 1.82) is 0 Å². The van der Waals surface area contributed by atoms with E-state index in [-0.39, 0.29) is 29.1 Å². The van der Waals surface area contributed by atoms with Gasteiger partial charge in [-0.2, -0.15) is 5.10 Å². The number of ether oxygens (including phenoxy) is 3. The molecule has 30 heavy (non-hydrogen) atoms. The zero-order valence-corrected chi connectivity index (χ0v) is 17.1. The van der Waals surface area contributed by atoms with E-state index in [0.717, 1.165) is 0 Å². The number of aromatic nitrogens is 2. The van der Waals surface area contributed by atoms with E-state index in [1.165, 1.54) is 33.5 Å². The zero-order chi connectivity index (χ0) is 21.7. The molecular weight excluding hydrogens is 392 g/mol. The molecule has 0 bridgehead atoms. The first-order valence-corrected chi connectivity index (χ1v) is 9.42. The zero-order valence-electron chi connectivity index (χ0n) is 17.1. The van der Waals surface area contributed by atoms with Gasteiger partial charge in [-0.1, -0.05) is 0 Å². The van der Waals surface area contributed by atoms with Gasteiger partial charge >= 0.3 is 0 Å². The van der Waals surface area contributed by atoms with E-state index in [1.54, 1.807) is 17.0 Å². The van der Waals surface area contributed by atoms with Crippen LogP contribution in [-0.2, 0) is 0 Å². The Morgan fingerprint density at radius 3 is 2.20 bits per heavy atom. The van der Waals surface area contributed by atoms with Crippen LogP contribution in [0.4, 0.5) is 0 Å². The molecule has 1 fully saturated rings. The van der Waals surface area contributed by atoms with Gasteiger partial charge in [0.15, 0.2) is 11.5 Å². The Hall–Kier alpha value is -3.56. The number of hydrogen-bond acceptors (Lipinski definition) is 7. The van der Waals surface area contributed by atoms with Crippen molar-refractivity contribution >= 4 is 11.8 Å². The predicted molar refractivity (Wildman–Crippen MR) is 107 cm³/mol. The molecule has 0 atom stereocenters. The highest BCUT2D eigenvalue weighted by Gasteiger charge is 2.26. The van der Waals surface area contributed by atoms with Gasteiger partial charge in [-0.05, 0) is 31.0 Å². The average Bonchev–Trinajstić information content (AvgIpc) is 2.78. The molecule has 3 rings (SSSR count). The topological polar surface area (TPSA) is 123 Å². The number of nitrogens with zero attached hydrogens (tertiary/aromatic N) is 2. The molecule has 0 spiro atoms. The van der Waals surface area contributed by atoms with Crippen molar-refractivity contribution in [1.82, 2.24) is 20.4 Å². The fourth-order valence-electron chi connectivity index (χ4n) is 3.33. The number of nitrogens with one attached hydrogen (secondary N) is 2. The Balaban J connectivity index is 1.62. The van der Waals surface area contributed by atoms with Crippen molar-refractivity contribution in [3.63, 3.8) is 0 Å². The van der Waals surface area contributed by atoms with E-state index in [2.05, 4.69) is 15.5 Å². The first-order chi connectivity index (χ1) is 14.5. The molecule has 1 saturated heterocycles. The number of benzene rings is 1. The van der Waals surface area contributed by atoms with E-state index < -0.39 is 0 Å². The lowest BCUT2D eigenvalue weighted by molar-refractivity contribution is 0.0691. The Labute approximate surface area is 173 Å². The second kappa shape index (κ2) is 9.29. The first kappa shape index (κ1) is 21.2. The molecule has 2 amide bonds. The summed E-state index contributed by atoms with van der Waals surface area (Å²) in [6.07, 6.45) is 1.20. The van der Waals surface area contributed by atoms with Crippen molar-refractivity contribution in [2.75, 3.05) is 34.4 Å². The number of likely N-dealkylation sites (tertiary alicyclic amines) is 1. The van der Waals surface area contributed by atoms with Crippen LogP contribution in [0.1, 0.15) is 33.7 Å². The van der Waals surface area contributed by atoms with E-state index >= 15 is 0 Å². The highest BCUT2D eigenvalue weighted by atomic mass is 16.5. The lowest BCUT2D eigenvalue weighted by atomic mass is 10.0. The van der Waals surface area contributed by atoms with Crippen LogP contribution in [0, 0.1) is 0 Å². The average molecular weight is 416 g/mol. The first-order valence-electron chi connectivity index (χ1n) is 9.42. The van der Waals surface area contributed by atoms with Crippen LogP contribution in [0.2, 0.25) is 0 Å². The van der Waals surface area contributed by atoms with Gasteiger partial charge in [-0.3, -0.25) is 14.4 Å². The van der Waals surface area contributed by atoms with Gasteiger partial charge in [0, 0.05) is 30.8 Å². The van der Waals surface area contributed by atoms with Crippen LogP contribution in [0.5, 0.6) is 17.2 Å². The molecule has 1 aromatic heterocycles. The molecule has 2 N–H and O–H groups in total. The molecule has 0 saturated carbocycles. The molecule has 1 aromatic carbocycles. The molecule has 10 heteroatoms. The lowest BCUT2D eigenvalue weighted by Gasteiger charge is -2.32. The number of H-pyrrole nitrogens is 1. The van der Waals surface area contributed by atoms with E-state index in [0.29, 0.717) is 48.7 Å². The molecule has 2 heterocycles. The summed E-state index contributed by atoms with van der Waals surface area (Å²) in [7, 11) is 4.48. The third-order valence-corrected chi connectivity index (χ3v) is 4.94. The van der Waals surface area contributed by atoms with Crippen LogP contribution in [-0.4, -0.2) is 67.4 Å². The third-order valence-electron chi connectivity index (χ3n) is 4.94. The predicted octanol–water partition coefficient (Wildman–Crippen LogP) is 0.830. The van der Waals surface area contributed by atoms with Gasteiger partial charge in [-0.25, -0.2) is 5.10 Å². The van der Waals surface area contributed by atoms with Gasteiger partial charge < -0.3 is 24.4 Å². The molecule has 10 nitrogen and oxygen atoms in total. The van der Waals surface area contributed by atoms with Crippen LogP contribution in [0.15, 0.2) is 29.1 Å². The summed E-state index contributed by atoms with van der Waals surface area (Å²) in [4.78, 5) is 38.0. The normalized spacial score (nSPS) is 14.2. The molecule has 1 aliphatic heterocycles. The van der Waals surface area contributed by atoms with Gasteiger partial charge in [0.05, 0.1) is 21.3 Å². The smallest absolute Gasteiger partial charge is 0.274 e. The Morgan fingerprint density at radius 1 is 1.07 bits per heavy atom. The van der Waals surface area contributed by atoms with E-state index in [4.69, 9.17) is 14.2 Å². The number of rotatable bonds is 6. The second-order valence-corrected chi connectivity index (χ2v) is 6.76. The molecule has 0 aliphatic carbocycles. The van der Waals surface area contributed by atoms with Crippen LogP contribution in [0.25, 0.3) is 0 Å². The molecule has 160 valence electrons. The van der Waals surface area contributed by atoms with E-state index in [9.17, 15) is 14.4 Å². The van der Waals surface area contributed by atoms with Gasteiger partial charge in [0.1, 0.15) is 5.69 Å². The van der Waals surface area contributed by atoms with Gasteiger partial charge in [0.2, 0.25) is 5.75 Å². The summed E-state index contributed by atoms with van der Waals surface area (Å²) < 4.78 is 15.9. The number of carbonyl (C=O) groups excluding carboxylic acids is 2. The number of piperidine rings is 1. The maximum Gasteiger partial charge on any atom is 0.274 e. The van der Waals surface area contributed by atoms with Crippen LogP contribution < -0.4 is 25.1 Å². The van der Waals surface area contributed by atoms with Crippen molar-refractivity contribution < 1.29 is 23.8 Å². The summed E-state index contributed by atoms with van der Waals surface area (Å²) in [6.45, 7) is 0.944. The Morgan fingerprint density at radius 2 is 1.70 bits per heavy atom. The molecule has 1 aliphatic rings. The number of methoxy groups -OCH3 is 3. The largest absolute Gasteiger partial charge is 0.493 e. The number of hydrogen-bond donors (Lipinski definition) is 2. The Kier molecular flexibility index (Phi) is 6.55. The minimum Gasteiger partial charge on any atom is -0.493 e. The minimum atomic E-state index is -0.361. The third kappa shape index (κ3) is 4.53. The Bertz CT molecular complexity index is 936. The molecule has 2 aromatic rings. The van der Waals surface area contributed by atoms with Crippen molar-refractivity contribution in [3.05, 3.63) is 45.9 Å². The second-order valence-electron chi connectivity index (χ2n) is 6.76. The summed E-state index contributed by atoms with van der Waals surface area (Å²) in [5.41, 5.74) is 0.217. The monoisotopic (exact) mass is 416 g/mol. The standard InChI is InChI=1S/C20H24N4O6/c1-28-15-10-12(11-16(29-2)18(15)30-3)19(26)21-13-6-8-24(9-7-13)20(27)14-4-5-17(25)23-22-14/h4-5,10-11,13H,6-9H2,1-3H3,(H,21,26)(H,23,25). The van der Waals surface area contributed by atoms with Gasteiger partial charge in [0.25, 0.3) is 17.4 Å². The number of carbonyl (C=O) groups is 2. The maximum absolute atomic E-state index is 12.7. The van der Waals surface area contributed by atoms with Crippen LogP contribution in [0.3, 0.4) is 0 Å². The quantitative estimate of drug-likeness (QED) is 0.715. The van der Waals surface area contributed by atoms with Crippen LogP contribution >= 0.6 is 0 Å². The fraction of sp³-hybridized carbons (Fsp3) is 0.400. The lowest BCUT2D eigenvalue weighted by Crippen LogP contribution is -2.46. The fourth-order valence-corrected chi connectivity index (χ4v) is 3.33. The summed E-state index contributed by atoms with van der Waals surface area (Å²) >= 11 is 0. The molecular formula is C20H24N4O6. The molecule has 0 radical (unpaired) electrons. The summed E-state index contributed by atoms with van der Waals surface area (Å²) in [6, 6.07) is 5.78. The van der Waals surface area contributed by atoms with E-state index in [1.807, 2.05) is 0 Å². The minimum absolute atomic E-state index is 0.0795. The summed E-state index contributed by atoms with van der Waals surface area (Å²) in [5.74, 6) is 0.702. The van der Waals surface area contributed by atoms with Crippen molar-refractivity contribution in [2.24, 2.45) is 0 Å². The highest BCUT2D eigenvalue weighted by molar-refractivity contribution is 5.96.